The molecule has 0 aliphatic carbocycles. The molecule has 0 radical (unpaired) electrons. The number of aromatic nitrogens is 4. The summed E-state index contributed by atoms with van der Waals surface area (Å²) in [5.41, 5.74) is 1.14. The van der Waals surface area contributed by atoms with Crippen molar-refractivity contribution >= 4 is 17.5 Å². The molecule has 26 heavy (non-hydrogen) atoms. The van der Waals surface area contributed by atoms with Crippen LogP contribution in [0.2, 0.25) is 5.02 Å². The predicted molar refractivity (Wildman–Crippen MR) is 97.1 cm³/mol. The topological polar surface area (TPSA) is 92.8 Å². The minimum atomic E-state index is -0.562. The van der Waals surface area contributed by atoms with E-state index in [9.17, 15) is 4.79 Å². The van der Waals surface area contributed by atoms with E-state index in [4.69, 9.17) is 16.3 Å². The summed E-state index contributed by atoms with van der Waals surface area (Å²) in [5, 5.41) is 17.2. The van der Waals surface area contributed by atoms with Crippen LogP contribution in [-0.4, -0.2) is 32.6 Å². The van der Waals surface area contributed by atoms with Gasteiger partial charge in [-0.15, -0.1) is 10.2 Å². The van der Waals surface area contributed by atoms with Crippen molar-refractivity contribution in [1.29, 1.82) is 0 Å². The minimum absolute atomic E-state index is 0.0535. The molecule has 3 rings (SSSR count). The first kappa shape index (κ1) is 17.9. The van der Waals surface area contributed by atoms with Gasteiger partial charge in [-0.05, 0) is 31.5 Å². The van der Waals surface area contributed by atoms with Gasteiger partial charge in [0.2, 0.25) is 5.82 Å². The molecule has 1 heterocycles. The van der Waals surface area contributed by atoms with Gasteiger partial charge in [0.15, 0.2) is 0 Å². The predicted octanol–water partition coefficient (Wildman–Crippen LogP) is 3.16. The Morgan fingerprint density at radius 1 is 1.15 bits per heavy atom. The van der Waals surface area contributed by atoms with Crippen molar-refractivity contribution in [2.75, 3.05) is 0 Å². The Morgan fingerprint density at radius 3 is 2.58 bits per heavy atom. The SMILES string of the molecule is CC(C)Oc1cccc(C(=O)NC(c2ccccc2)c2nn[nH]n2)c1Cl. The molecular formula is C18H18ClN5O2. The monoisotopic (exact) mass is 371 g/mol. The van der Waals surface area contributed by atoms with Gasteiger partial charge in [-0.3, -0.25) is 4.79 Å². The minimum Gasteiger partial charge on any atom is -0.489 e. The second-order valence-electron chi connectivity index (χ2n) is 5.87. The summed E-state index contributed by atoms with van der Waals surface area (Å²) in [6.07, 6.45) is -0.0535. The zero-order chi connectivity index (χ0) is 18.5. The molecule has 0 aliphatic heterocycles. The molecule has 1 atom stereocenters. The van der Waals surface area contributed by atoms with Crippen LogP contribution in [0.3, 0.4) is 0 Å². The average Bonchev–Trinajstić information content (AvgIpc) is 3.16. The molecule has 0 spiro atoms. The molecular weight excluding hydrogens is 354 g/mol. The van der Waals surface area contributed by atoms with Crippen LogP contribution in [0.5, 0.6) is 5.75 Å². The van der Waals surface area contributed by atoms with E-state index in [0.29, 0.717) is 17.1 Å². The van der Waals surface area contributed by atoms with Crippen LogP contribution in [0.15, 0.2) is 48.5 Å². The molecule has 0 saturated heterocycles. The van der Waals surface area contributed by atoms with Gasteiger partial charge in [-0.25, -0.2) is 0 Å². The number of nitrogens with zero attached hydrogens (tertiary/aromatic N) is 3. The first-order valence-corrected chi connectivity index (χ1v) is 8.48. The maximum atomic E-state index is 12.8. The second-order valence-corrected chi connectivity index (χ2v) is 6.25. The standard InChI is InChI=1S/C18H18ClN5O2/c1-11(2)26-14-10-6-9-13(15(14)19)18(25)20-16(17-21-23-24-22-17)12-7-4-3-5-8-12/h3-11,16H,1-2H3,(H,20,25)(H,21,22,23,24). The molecule has 1 unspecified atom stereocenters. The third-order valence-corrected chi connectivity index (χ3v) is 3.99. The first-order chi connectivity index (χ1) is 12.6. The van der Waals surface area contributed by atoms with E-state index in [1.54, 1.807) is 18.2 Å². The number of halogens is 1. The molecule has 0 fully saturated rings. The number of carbonyl (C=O) groups is 1. The maximum absolute atomic E-state index is 12.8. The molecule has 2 aromatic carbocycles. The maximum Gasteiger partial charge on any atom is 0.253 e. The van der Waals surface area contributed by atoms with E-state index in [1.165, 1.54) is 0 Å². The lowest BCUT2D eigenvalue weighted by Crippen LogP contribution is -2.30. The molecule has 0 bridgehead atoms. The van der Waals surface area contributed by atoms with Gasteiger partial charge in [0.05, 0.1) is 16.7 Å². The highest BCUT2D eigenvalue weighted by Gasteiger charge is 2.23. The molecule has 0 aliphatic rings. The van der Waals surface area contributed by atoms with Gasteiger partial charge in [0, 0.05) is 0 Å². The molecule has 0 saturated carbocycles. The van der Waals surface area contributed by atoms with E-state index in [-0.39, 0.29) is 17.0 Å². The van der Waals surface area contributed by atoms with Gasteiger partial charge < -0.3 is 10.1 Å². The normalized spacial score (nSPS) is 12.0. The fraction of sp³-hybridized carbons (Fsp3) is 0.222. The van der Waals surface area contributed by atoms with E-state index in [0.717, 1.165) is 5.56 Å². The summed E-state index contributed by atoms with van der Waals surface area (Å²) in [7, 11) is 0. The molecule has 7 nitrogen and oxygen atoms in total. The van der Waals surface area contributed by atoms with Crippen molar-refractivity contribution in [3.05, 3.63) is 70.5 Å². The van der Waals surface area contributed by atoms with Gasteiger partial charge in [-0.1, -0.05) is 53.2 Å². The van der Waals surface area contributed by atoms with E-state index in [2.05, 4.69) is 25.9 Å². The number of aromatic amines is 1. The number of tetrazole rings is 1. The highest BCUT2D eigenvalue weighted by molar-refractivity contribution is 6.35. The van der Waals surface area contributed by atoms with Crippen molar-refractivity contribution in [2.45, 2.75) is 26.0 Å². The number of benzene rings is 2. The Balaban J connectivity index is 1.90. The highest BCUT2D eigenvalue weighted by atomic mass is 35.5. The zero-order valence-electron chi connectivity index (χ0n) is 14.3. The van der Waals surface area contributed by atoms with E-state index < -0.39 is 6.04 Å². The number of hydrogen-bond donors (Lipinski definition) is 2. The largest absolute Gasteiger partial charge is 0.489 e. The van der Waals surface area contributed by atoms with Crippen LogP contribution in [0.1, 0.15) is 41.6 Å². The zero-order valence-corrected chi connectivity index (χ0v) is 15.1. The lowest BCUT2D eigenvalue weighted by atomic mass is 10.1. The molecule has 3 aromatic rings. The van der Waals surface area contributed by atoms with Crippen LogP contribution < -0.4 is 10.1 Å². The van der Waals surface area contributed by atoms with Crippen LogP contribution in [0.25, 0.3) is 0 Å². The van der Waals surface area contributed by atoms with Crippen molar-refractivity contribution in [3.8, 4) is 5.75 Å². The third-order valence-electron chi connectivity index (χ3n) is 3.60. The van der Waals surface area contributed by atoms with Crippen molar-refractivity contribution in [3.63, 3.8) is 0 Å². The fourth-order valence-electron chi connectivity index (χ4n) is 2.47. The number of rotatable bonds is 6. The molecule has 1 amide bonds. The Kier molecular flexibility index (Phi) is 5.48. The number of amides is 1. The molecule has 2 N–H and O–H groups in total. The summed E-state index contributed by atoms with van der Waals surface area (Å²) in [6.45, 7) is 3.79. The van der Waals surface area contributed by atoms with E-state index >= 15 is 0 Å². The average molecular weight is 372 g/mol. The van der Waals surface area contributed by atoms with Crippen LogP contribution in [0.4, 0.5) is 0 Å². The lowest BCUT2D eigenvalue weighted by molar-refractivity contribution is 0.0941. The molecule has 1 aromatic heterocycles. The third kappa shape index (κ3) is 4.00. The smallest absolute Gasteiger partial charge is 0.253 e. The summed E-state index contributed by atoms with van der Waals surface area (Å²) in [4.78, 5) is 12.8. The Bertz CT molecular complexity index is 869. The summed E-state index contributed by atoms with van der Waals surface area (Å²) in [6, 6.07) is 13.9. The fourth-order valence-corrected chi connectivity index (χ4v) is 2.73. The number of H-pyrrole nitrogens is 1. The van der Waals surface area contributed by atoms with Gasteiger partial charge in [0.25, 0.3) is 5.91 Å². The molecule has 134 valence electrons. The summed E-state index contributed by atoms with van der Waals surface area (Å²) < 4.78 is 5.65. The number of ether oxygens (including phenoxy) is 1. The van der Waals surface area contributed by atoms with Gasteiger partial charge >= 0.3 is 0 Å². The first-order valence-electron chi connectivity index (χ1n) is 8.10. The lowest BCUT2D eigenvalue weighted by Gasteiger charge is -2.18. The second kappa shape index (κ2) is 7.97. The van der Waals surface area contributed by atoms with Crippen molar-refractivity contribution in [2.24, 2.45) is 0 Å². The van der Waals surface area contributed by atoms with Crippen LogP contribution in [-0.2, 0) is 0 Å². The van der Waals surface area contributed by atoms with Crippen LogP contribution in [0, 0.1) is 0 Å². The van der Waals surface area contributed by atoms with E-state index in [1.807, 2.05) is 44.2 Å². The number of nitrogens with one attached hydrogen (secondary N) is 2. The highest BCUT2D eigenvalue weighted by Crippen LogP contribution is 2.29. The van der Waals surface area contributed by atoms with Gasteiger partial charge in [0.1, 0.15) is 11.8 Å². The molecule has 8 heteroatoms. The Labute approximate surface area is 155 Å². The summed E-state index contributed by atoms with van der Waals surface area (Å²) in [5.74, 6) is 0.461. The Morgan fingerprint density at radius 2 is 1.92 bits per heavy atom. The van der Waals surface area contributed by atoms with Crippen molar-refractivity contribution < 1.29 is 9.53 Å². The van der Waals surface area contributed by atoms with Crippen LogP contribution >= 0.6 is 11.6 Å². The summed E-state index contributed by atoms with van der Waals surface area (Å²) >= 11 is 6.37. The van der Waals surface area contributed by atoms with Gasteiger partial charge in [-0.2, -0.15) is 5.21 Å². The number of hydrogen-bond acceptors (Lipinski definition) is 5. The quantitative estimate of drug-likeness (QED) is 0.694. The Hall–Kier alpha value is -2.93. The number of carbonyl (C=O) groups excluding carboxylic acids is 1. The van der Waals surface area contributed by atoms with Crippen molar-refractivity contribution in [1.82, 2.24) is 25.9 Å².